The molecule has 0 atom stereocenters. The zero-order chi connectivity index (χ0) is 18.1. The lowest BCUT2D eigenvalue weighted by molar-refractivity contribution is 0.600. The molecule has 0 bridgehead atoms. The van der Waals surface area contributed by atoms with Crippen molar-refractivity contribution in [2.45, 2.75) is 103 Å². The summed E-state index contributed by atoms with van der Waals surface area (Å²) in [7, 11) is 0. The molecule has 0 aliphatic carbocycles. The highest BCUT2D eigenvalue weighted by Gasteiger charge is 1.89. The maximum absolute atomic E-state index is 3.71. The van der Waals surface area contributed by atoms with Gasteiger partial charge in [0.05, 0.1) is 0 Å². The van der Waals surface area contributed by atoms with Crippen LogP contribution in [0.3, 0.4) is 0 Å². The van der Waals surface area contributed by atoms with Crippen molar-refractivity contribution in [1.82, 2.24) is 0 Å². The largest absolute Gasteiger partial charge is 0.103 e. The van der Waals surface area contributed by atoms with Crippen molar-refractivity contribution in [2.24, 2.45) is 0 Å². The molecule has 0 aliphatic rings. The van der Waals surface area contributed by atoms with Gasteiger partial charge in [0.2, 0.25) is 0 Å². The van der Waals surface area contributed by atoms with Gasteiger partial charge in [-0.05, 0) is 51.4 Å². The second-order valence-electron chi connectivity index (χ2n) is 6.55. The fraction of sp³-hybridized carbons (Fsp3) is 0.667. The quantitative estimate of drug-likeness (QED) is 0.173. The minimum atomic E-state index is 1.19. The van der Waals surface area contributed by atoms with Crippen LogP contribution >= 0.6 is 0 Å². The maximum Gasteiger partial charge on any atom is -0.0353 e. The van der Waals surface area contributed by atoms with Crippen molar-refractivity contribution in [3.8, 4) is 0 Å². The molecule has 24 heavy (non-hydrogen) atoms. The SMILES string of the molecule is C=CCCCCCCCCC=C.C=CCCCCCCCCC=C. The van der Waals surface area contributed by atoms with Gasteiger partial charge in [0.1, 0.15) is 0 Å². The van der Waals surface area contributed by atoms with Crippen LogP contribution in [-0.2, 0) is 0 Å². The molecular formula is C24H44. The van der Waals surface area contributed by atoms with Crippen LogP contribution in [0.5, 0.6) is 0 Å². The van der Waals surface area contributed by atoms with Crippen LogP contribution in [0.25, 0.3) is 0 Å². The van der Waals surface area contributed by atoms with E-state index >= 15 is 0 Å². The molecular weight excluding hydrogens is 288 g/mol. The third-order valence-corrected chi connectivity index (χ3v) is 4.13. The van der Waals surface area contributed by atoms with E-state index in [-0.39, 0.29) is 0 Å². The van der Waals surface area contributed by atoms with Gasteiger partial charge < -0.3 is 0 Å². The van der Waals surface area contributed by atoms with E-state index in [1.807, 2.05) is 24.3 Å². The van der Waals surface area contributed by atoms with Crippen molar-refractivity contribution >= 4 is 0 Å². The Morgan fingerprint density at radius 1 is 0.292 bits per heavy atom. The van der Waals surface area contributed by atoms with Crippen molar-refractivity contribution in [2.75, 3.05) is 0 Å². The molecule has 0 aliphatic heterocycles. The average molecular weight is 333 g/mol. The minimum absolute atomic E-state index is 1.19. The molecule has 0 aromatic heterocycles. The van der Waals surface area contributed by atoms with E-state index in [1.54, 1.807) is 0 Å². The van der Waals surface area contributed by atoms with Gasteiger partial charge in [-0.25, -0.2) is 0 Å². The lowest BCUT2D eigenvalue weighted by Crippen LogP contribution is -1.78. The normalized spacial score (nSPS) is 9.67. The van der Waals surface area contributed by atoms with E-state index in [0.29, 0.717) is 0 Å². The summed E-state index contributed by atoms with van der Waals surface area (Å²) in [6, 6.07) is 0. The lowest BCUT2D eigenvalue weighted by Gasteiger charge is -1.98. The van der Waals surface area contributed by atoms with Gasteiger partial charge in [-0.15, -0.1) is 26.3 Å². The molecule has 0 aromatic carbocycles. The van der Waals surface area contributed by atoms with E-state index in [2.05, 4.69) is 26.3 Å². The van der Waals surface area contributed by atoms with Crippen LogP contribution in [0.4, 0.5) is 0 Å². The molecule has 0 saturated carbocycles. The molecule has 0 fully saturated rings. The van der Waals surface area contributed by atoms with Crippen LogP contribution < -0.4 is 0 Å². The highest BCUT2D eigenvalue weighted by atomic mass is 14.0. The Hall–Kier alpha value is -1.04. The summed E-state index contributed by atoms with van der Waals surface area (Å²) in [5.74, 6) is 0. The predicted molar refractivity (Wildman–Crippen MR) is 115 cm³/mol. The van der Waals surface area contributed by atoms with Gasteiger partial charge in [0.25, 0.3) is 0 Å². The summed E-state index contributed by atoms with van der Waals surface area (Å²) < 4.78 is 0. The first kappa shape index (κ1) is 25.2. The topological polar surface area (TPSA) is 0 Å². The maximum atomic E-state index is 3.71. The Balaban J connectivity index is 0. The molecule has 0 saturated heterocycles. The van der Waals surface area contributed by atoms with Crippen LogP contribution in [0.15, 0.2) is 50.6 Å². The molecule has 0 aromatic rings. The zero-order valence-electron chi connectivity index (χ0n) is 16.5. The summed E-state index contributed by atoms with van der Waals surface area (Å²) in [4.78, 5) is 0. The van der Waals surface area contributed by atoms with Crippen LogP contribution in [-0.4, -0.2) is 0 Å². The fourth-order valence-corrected chi connectivity index (χ4v) is 2.57. The molecule has 0 amide bonds. The number of hydrogen-bond acceptors (Lipinski definition) is 0. The molecule has 0 radical (unpaired) electrons. The second-order valence-corrected chi connectivity index (χ2v) is 6.55. The standard InChI is InChI=1S/2C12H22/c2*1-3-5-7-9-11-12-10-8-6-4-2/h2*3-4H,1-2,5-12H2. The van der Waals surface area contributed by atoms with Crippen LogP contribution in [0.1, 0.15) is 103 Å². The first-order chi connectivity index (χ1) is 11.8. The van der Waals surface area contributed by atoms with Gasteiger partial charge in [0.15, 0.2) is 0 Å². The van der Waals surface area contributed by atoms with Crippen molar-refractivity contribution in [3.63, 3.8) is 0 Å². The van der Waals surface area contributed by atoms with Crippen molar-refractivity contribution in [3.05, 3.63) is 50.6 Å². The number of allylic oxidation sites excluding steroid dienone is 4. The highest BCUT2D eigenvalue weighted by molar-refractivity contribution is 4.67. The summed E-state index contributed by atoms with van der Waals surface area (Å²) in [5.41, 5.74) is 0. The zero-order valence-corrected chi connectivity index (χ0v) is 16.5. The van der Waals surface area contributed by atoms with E-state index in [4.69, 9.17) is 0 Å². The van der Waals surface area contributed by atoms with E-state index in [0.717, 1.165) is 0 Å². The summed E-state index contributed by atoms with van der Waals surface area (Å²) >= 11 is 0. The Morgan fingerprint density at radius 3 is 0.625 bits per heavy atom. The summed E-state index contributed by atoms with van der Waals surface area (Å²) in [6.45, 7) is 14.8. The van der Waals surface area contributed by atoms with Crippen LogP contribution in [0.2, 0.25) is 0 Å². The van der Waals surface area contributed by atoms with Gasteiger partial charge >= 0.3 is 0 Å². The first-order valence-corrected chi connectivity index (χ1v) is 10.3. The number of hydrogen-bond donors (Lipinski definition) is 0. The Kier molecular flexibility index (Phi) is 28.2. The molecule has 0 heteroatoms. The Labute approximate surface area is 153 Å². The monoisotopic (exact) mass is 332 g/mol. The summed E-state index contributed by atoms with van der Waals surface area (Å²) in [5, 5.41) is 0. The third-order valence-electron chi connectivity index (χ3n) is 4.13. The Bertz CT molecular complexity index is 205. The van der Waals surface area contributed by atoms with Crippen molar-refractivity contribution < 1.29 is 0 Å². The predicted octanol–water partition coefficient (Wildman–Crippen LogP) is 8.96. The third kappa shape index (κ3) is 29.0. The second kappa shape index (κ2) is 26.8. The fourth-order valence-electron chi connectivity index (χ4n) is 2.57. The average Bonchev–Trinajstić information content (AvgIpc) is 2.60. The van der Waals surface area contributed by atoms with Gasteiger partial charge in [-0.1, -0.05) is 75.7 Å². The van der Waals surface area contributed by atoms with Gasteiger partial charge in [-0.3, -0.25) is 0 Å². The molecule has 0 heterocycles. The molecule has 140 valence electrons. The first-order valence-electron chi connectivity index (χ1n) is 10.3. The molecule has 0 spiro atoms. The van der Waals surface area contributed by atoms with Gasteiger partial charge in [0, 0.05) is 0 Å². The minimum Gasteiger partial charge on any atom is -0.103 e. The molecule has 0 N–H and O–H groups in total. The van der Waals surface area contributed by atoms with E-state index in [9.17, 15) is 0 Å². The smallest absolute Gasteiger partial charge is 0.0353 e. The molecule has 0 rings (SSSR count). The van der Waals surface area contributed by atoms with Crippen LogP contribution in [0, 0.1) is 0 Å². The number of unbranched alkanes of at least 4 members (excludes halogenated alkanes) is 14. The van der Waals surface area contributed by atoms with E-state index < -0.39 is 0 Å². The number of rotatable bonds is 18. The van der Waals surface area contributed by atoms with Gasteiger partial charge in [-0.2, -0.15) is 0 Å². The van der Waals surface area contributed by atoms with Crippen molar-refractivity contribution in [1.29, 1.82) is 0 Å². The Morgan fingerprint density at radius 2 is 0.458 bits per heavy atom. The summed E-state index contributed by atoms with van der Waals surface area (Å²) in [6.07, 6.45) is 29.2. The van der Waals surface area contributed by atoms with E-state index in [1.165, 1.54) is 103 Å². The lowest BCUT2D eigenvalue weighted by atomic mass is 10.1. The highest BCUT2D eigenvalue weighted by Crippen LogP contribution is 2.09. The molecule has 0 nitrogen and oxygen atoms in total. The molecule has 0 unspecified atom stereocenters.